The predicted octanol–water partition coefficient (Wildman–Crippen LogP) is 2.35. The molecule has 6 heteroatoms. The summed E-state index contributed by atoms with van der Waals surface area (Å²) in [6.45, 7) is 1.65. The Labute approximate surface area is 141 Å². The lowest BCUT2D eigenvalue weighted by Crippen LogP contribution is -2.55. The smallest absolute Gasteiger partial charge is 0.254 e. The summed E-state index contributed by atoms with van der Waals surface area (Å²) in [4.78, 5) is 16.3. The highest BCUT2D eigenvalue weighted by Gasteiger charge is 2.43. The van der Waals surface area contributed by atoms with Gasteiger partial charge in [0.25, 0.3) is 5.91 Å². The van der Waals surface area contributed by atoms with E-state index in [-0.39, 0.29) is 5.91 Å². The lowest BCUT2D eigenvalue weighted by molar-refractivity contribution is -0.128. The molecule has 3 rings (SSSR count). The van der Waals surface area contributed by atoms with Crippen LogP contribution in [0.4, 0.5) is 5.69 Å². The number of anilines is 1. The first-order valence-electron chi connectivity index (χ1n) is 7.80. The Kier molecular flexibility index (Phi) is 4.73. The fourth-order valence-corrected chi connectivity index (χ4v) is 3.55. The molecule has 1 aromatic carbocycles. The number of amides is 1. The molecule has 0 atom stereocenters. The molecule has 1 N–H and O–H groups in total. The van der Waals surface area contributed by atoms with Crippen LogP contribution in [0.1, 0.15) is 12.8 Å². The zero-order valence-corrected chi connectivity index (χ0v) is 14.3. The van der Waals surface area contributed by atoms with Crippen molar-refractivity contribution in [3.8, 4) is 0 Å². The molecule has 0 aliphatic carbocycles. The summed E-state index contributed by atoms with van der Waals surface area (Å²) in [5, 5.41) is 7.71. The monoisotopic (exact) mass is 330 g/mol. The van der Waals surface area contributed by atoms with Crippen molar-refractivity contribution in [1.82, 2.24) is 15.1 Å². The molecule has 1 saturated heterocycles. The standard InChI is InChI=1S/C17H22N4OS/c1-20(14-4-6-15(23-2)7-5-14)16(22)17(8-11-18-12-9-17)21-13-3-10-19-21/h3-7,10,13,18H,8-9,11-12H2,1-2H3. The van der Waals surface area contributed by atoms with E-state index in [0.717, 1.165) is 31.6 Å². The Morgan fingerprint density at radius 2 is 2.00 bits per heavy atom. The second kappa shape index (κ2) is 6.76. The quantitative estimate of drug-likeness (QED) is 0.874. The second-order valence-electron chi connectivity index (χ2n) is 5.79. The van der Waals surface area contributed by atoms with Crippen molar-refractivity contribution in [3.05, 3.63) is 42.7 Å². The van der Waals surface area contributed by atoms with Gasteiger partial charge in [0.2, 0.25) is 0 Å². The van der Waals surface area contributed by atoms with Crippen LogP contribution in [0.3, 0.4) is 0 Å². The highest BCUT2D eigenvalue weighted by Crippen LogP contribution is 2.31. The molecule has 2 aromatic rings. The molecule has 0 saturated carbocycles. The van der Waals surface area contributed by atoms with Crippen LogP contribution in [0.2, 0.25) is 0 Å². The van der Waals surface area contributed by atoms with E-state index < -0.39 is 5.54 Å². The van der Waals surface area contributed by atoms with Crippen molar-refractivity contribution in [2.24, 2.45) is 0 Å². The third-order valence-corrected chi connectivity index (χ3v) is 5.28. The topological polar surface area (TPSA) is 50.2 Å². The van der Waals surface area contributed by atoms with Crippen LogP contribution in [-0.2, 0) is 10.3 Å². The Hall–Kier alpha value is -1.79. The number of benzene rings is 1. The van der Waals surface area contributed by atoms with E-state index in [4.69, 9.17) is 0 Å². The molecule has 0 radical (unpaired) electrons. The van der Waals surface area contributed by atoms with Crippen LogP contribution < -0.4 is 10.2 Å². The first-order chi connectivity index (χ1) is 11.2. The molecule has 122 valence electrons. The van der Waals surface area contributed by atoms with Crippen LogP contribution in [0.25, 0.3) is 0 Å². The van der Waals surface area contributed by atoms with Gasteiger partial charge in [0, 0.05) is 30.0 Å². The maximum atomic E-state index is 13.3. The average Bonchev–Trinajstić information content (AvgIpc) is 3.16. The van der Waals surface area contributed by atoms with Gasteiger partial charge in [0.1, 0.15) is 5.54 Å². The second-order valence-corrected chi connectivity index (χ2v) is 6.67. The van der Waals surface area contributed by atoms with Gasteiger partial charge in [0.05, 0.1) is 0 Å². The molecule has 0 unspecified atom stereocenters. The van der Waals surface area contributed by atoms with E-state index in [1.165, 1.54) is 4.90 Å². The summed E-state index contributed by atoms with van der Waals surface area (Å²) in [5.74, 6) is 0.0969. The van der Waals surface area contributed by atoms with Gasteiger partial charge in [0.15, 0.2) is 0 Å². The number of hydrogen-bond acceptors (Lipinski definition) is 4. The Balaban J connectivity index is 1.91. The van der Waals surface area contributed by atoms with Gasteiger partial charge in [-0.05, 0) is 62.5 Å². The number of piperidine rings is 1. The van der Waals surface area contributed by atoms with Gasteiger partial charge >= 0.3 is 0 Å². The van der Waals surface area contributed by atoms with Crippen molar-refractivity contribution >= 4 is 23.4 Å². The Morgan fingerprint density at radius 3 is 2.57 bits per heavy atom. The normalized spacial score (nSPS) is 17.0. The van der Waals surface area contributed by atoms with Crippen molar-refractivity contribution in [1.29, 1.82) is 0 Å². The number of nitrogens with zero attached hydrogens (tertiary/aromatic N) is 3. The fraction of sp³-hybridized carbons (Fsp3) is 0.412. The first kappa shape index (κ1) is 16.1. The zero-order chi connectivity index (χ0) is 16.3. The van der Waals surface area contributed by atoms with Crippen LogP contribution in [0.5, 0.6) is 0 Å². The average molecular weight is 330 g/mol. The van der Waals surface area contributed by atoms with Crippen molar-refractivity contribution in [2.75, 3.05) is 31.3 Å². The SMILES string of the molecule is CSc1ccc(N(C)C(=O)C2(n3cccn3)CCNCC2)cc1. The molecular formula is C17H22N4OS. The maximum absolute atomic E-state index is 13.3. The largest absolute Gasteiger partial charge is 0.317 e. The van der Waals surface area contributed by atoms with Crippen molar-refractivity contribution in [3.63, 3.8) is 0 Å². The molecule has 1 fully saturated rings. The fourth-order valence-electron chi connectivity index (χ4n) is 3.14. The molecule has 1 aliphatic heterocycles. The summed E-state index contributed by atoms with van der Waals surface area (Å²) in [5.41, 5.74) is 0.319. The molecule has 1 amide bonds. The van der Waals surface area contributed by atoms with Crippen LogP contribution in [0, 0.1) is 0 Å². The molecule has 0 bridgehead atoms. The molecule has 5 nitrogen and oxygen atoms in total. The van der Waals surface area contributed by atoms with Crippen LogP contribution in [0.15, 0.2) is 47.6 Å². The van der Waals surface area contributed by atoms with Gasteiger partial charge < -0.3 is 10.2 Å². The molecule has 0 spiro atoms. The minimum Gasteiger partial charge on any atom is -0.317 e. The third kappa shape index (κ3) is 3.01. The minimum absolute atomic E-state index is 0.0969. The number of likely N-dealkylation sites (N-methyl/N-ethyl adjacent to an activating group) is 1. The Bertz CT molecular complexity index is 648. The molecule has 1 aliphatic rings. The van der Waals surface area contributed by atoms with E-state index in [1.54, 1.807) is 22.9 Å². The number of rotatable bonds is 4. The number of aromatic nitrogens is 2. The van der Waals surface area contributed by atoms with E-state index in [2.05, 4.69) is 10.4 Å². The molecule has 2 heterocycles. The third-order valence-electron chi connectivity index (χ3n) is 4.54. The van der Waals surface area contributed by atoms with Gasteiger partial charge in [-0.15, -0.1) is 11.8 Å². The van der Waals surface area contributed by atoms with Gasteiger partial charge in [-0.1, -0.05) is 0 Å². The zero-order valence-electron chi connectivity index (χ0n) is 13.5. The number of thioether (sulfide) groups is 1. The van der Waals surface area contributed by atoms with E-state index >= 15 is 0 Å². The number of hydrogen-bond donors (Lipinski definition) is 1. The summed E-state index contributed by atoms with van der Waals surface area (Å²) in [6, 6.07) is 9.98. The van der Waals surface area contributed by atoms with Gasteiger partial charge in [-0.2, -0.15) is 5.10 Å². The number of nitrogens with one attached hydrogen (secondary N) is 1. The highest BCUT2D eigenvalue weighted by molar-refractivity contribution is 7.98. The molecule has 23 heavy (non-hydrogen) atoms. The predicted molar refractivity (Wildman–Crippen MR) is 93.9 cm³/mol. The summed E-state index contributed by atoms with van der Waals surface area (Å²) < 4.78 is 1.84. The van der Waals surface area contributed by atoms with Crippen LogP contribution in [-0.4, -0.2) is 42.1 Å². The summed E-state index contributed by atoms with van der Waals surface area (Å²) >= 11 is 1.70. The van der Waals surface area contributed by atoms with E-state index in [1.807, 2.05) is 54.5 Å². The lowest BCUT2D eigenvalue weighted by Gasteiger charge is -2.39. The maximum Gasteiger partial charge on any atom is 0.254 e. The molecule has 1 aromatic heterocycles. The van der Waals surface area contributed by atoms with Gasteiger partial charge in [-0.3, -0.25) is 9.48 Å². The van der Waals surface area contributed by atoms with Crippen LogP contribution >= 0.6 is 11.8 Å². The lowest BCUT2D eigenvalue weighted by atomic mass is 9.86. The van der Waals surface area contributed by atoms with Crippen molar-refractivity contribution < 1.29 is 4.79 Å². The first-order valence-corrected chi connectivity index (χ1v) is 9.03. The van der Waals surface area contributed by atoms with Gasteiger partial charge in [-0.25, -0.2) is 0 Å². The summed E-state index contributed by atoms with van der Waals surface area (Å²) in [6.07, 6.45) is 7.19. The minimum atomic E-state index is -0.596. The van der Waals surface area contributed by atoms with Crippen molar-refractivity contribution in [2.45, 2.75) is 23.3 Å². The number of carbonyl (C=O) groups excluding carboxylic acids is 1. The number of carbonyl (C=O) groups is 1. The Morgan fingerprint density at radius 1 is 1.30 bits per heavy atom. The summed E-state index contributed by atoms with van der Waals surface area (Å²) in [7, 11) is 1.85. The van der Waals surface area contributed by atoms with E-state index in [0.29, 0.717) is 0 Å². The van der Waals surface area contributed by atoms with E-state index in [9.17, 15) is 4.79 Å². The highest BCUT2D eigenvalue weighted by atomic mass is 32.2. The molecular weight excluding hydrogens is 308 g/mol.